The first kappa shape index (κ1) is 13.7. The van der Waals surface area contributed by atoms with Crippen LogP contribution in [0.4, 0.5) is 13.2 Å². The topological polar surface area (TPSA) is 26.3 Å². The molecule has 0 aromatic heterocycles. The Balaban J connectivity index is 4.03. The van der Waals surface area contributed by atoms with Crippen LogP contribution in [0.5, 0.6) is 0 Å². The summed E-state index contributed by atoms with van der Waals surface area (Å²) in [5, 5.41) is 0. The van der Waals surface area contributed by atoms with Gasteiger partial charge in [0.1, 0.15) is 6.61 Å². The highest BCUT2D eigenvalue weighted by atomic mass is 79.9. The SMILES string of the molecule is CC(C)(C)C(Br)COC(=O)C(F)(F)F. The smallest absolute Gasteiger partial charge is 0.458 e. The lowest BCUT2D eigenvalue weighted by Crippen LogP contribution is -2.31. The summed E-state index contributed by atoms with van der Waals surface area (Å²) in [6.45, 7) is 5.19. The second-order valence-corrected chi connectivity index (χ2v) is 5.04. The summed E-state index contributed by atoms with van der Waals surface area (Å²) < 4.78 is 39.2. The zero-order valence-electron chi connectivity index (χ0n) is 8.11. The van der Waals surface area contributed by atoms with Gasteiger partial charge in [0.15, 0.2) is 0 Å². The highest BCUT2D eigenvalue weighted by Crippen LogP contribution is 2.27. The van der Waals surface area contributed by atoms with Gasteiger partial charge < -0.3 is 4.74 Å². The molecule has 0 radical (unpaired) electrons. The van der Waals surface area contributed by atoms with E-state index >= 15 is 0 Å². The van der Waals surface area contributed by atoms with Gasteiger partial charge in [-0.25, -0.2) is 4.79 Å². The Morgan fingerprint density at radius 3 is 2.07 bits per heavy atom. The van der Waals surface area contributed by atoms with Crippen molar-refractivity contribution in [2.45, 2.75) is 31.8 Å². The van der Waals surface area contributed by atoms with Gasteiger partial charge in [-0.2, -0.15) is 13.2 Å². The number of carbonyl (C=O) groups excluding carboxylic acids is 1. The van der Waals surface area contributed by atoms with Crippen LogP contribution in [-0.2, 0) is 9.53 Å². The van der Waals surface area contributed by atoms with E-state index in [2.05, 4.69) is 20.7 Å². The molecule has 0 aromatic rings. The standard InChI is InChI=1S/C8H12BrF3O2/c1-7(2,3)5(9)4-14-6(13)8(10,11)12/h5H,4H2,1-3H3. The van der Waals surface area contributed by atoms with Crippen molar-refractivity contribution in [2.24, 2.45) is 5.41 Å². The van der Waals surface area contributed by atoms with E-state index in [-0.39, 0.29) is 16.8 Å². The average molecular weight is 277 g/mol. The number of rotatable bonds is 2. The molecule has 0 spiro atoms. The molecule has 0 bridgehead atoms. The van der Waals surface area contributed by atoms with Crippen molar-refractivity contribution in [3.8, 4) is 0 Å². The molecular weight excluding hydrogens is 265 g/mol. The molecule has 84 valence electrons. The van der Waals surface area contributed by atoms with Crippen molar-refractivity contribution in [3.63, 3.8) is 0 Å². The molecule has 1 atom stereocenters. The molecule has 0 N–H and O–H groups in total. The Labute approximate surface area is 88.9 Å². The minimum absolute atomic E-state index is 0.258. The number of carbonyl (C=O) groups is 1. The zero-order valence-corrected chi connectivity index (χ0v) is 9.70. The summed E-state index contributed by atoms with van der Waals surface area (Å²) in [5.41, 5.74) is -0.258. The summed E-state index contributed by atoms with van der Waals surface area (Å²) in [6, 6.07) is 0. The summed E-state index contributed by atoms with van der Waals surface area (Å²) in [5.74, 6) is -2.15. The Morgan fingerprint density at radius 1 is 1.36 bits per heavy atom. The van der Waals surface area contributed by atoms with Gasteiger partial charge in [0.2, 0.25) is 0 Å². The molecular formula is C8H12BrF3O2. The number of hydrogen-bond acceptors (Lipinski definition) is 2. The van der Waals surface area contributed by atoms with Crippen molar-refractivity contribution in [1.29, 1.82) is 0 Å². The molecule has 1 unspecified atom stereocenters. The van der Waals surface area contributed by atoms with Gasteiger partial charge >= 0.3 is 12.1 Å². The van der Waals surface area contributed by atoms with E-state index in [4.69, 9.17) is 0 Å². The second-order valence-electron chi connectivity index (χ2n) is 3.93. The molecule has 0 heterocycles. The van der Waals surface area contributed by atoms with Crippen LogP contribution in [0, 0.1) is 5.41 Å². The van der Waals surface area contributed by atoms with Gasteiger partial charge in [-0.1, -0.05) is 36.7 Å². The summed E-state index contributed by atoms with van der Waals surface area (Å²) in [4.78, 5) is 10.0. The molecule has 2 nitrogen and oxygen atoms in total. The third-order valence-electron chi connectivity index (χ3n) is 1.53. The predicted molar refractivity (Wildman–Crippen MR) is 49.2 cm³/mol. The molecule has 0 aromatic carbocycles. The lowest BCUT2D eigenvalue weighted by molar-refractivity contribution is -0.199. The van der Waals surface area contributed by atoms with Crippen molar-refractivity contribution in [3.05, 3.63) is 0 Å². The number of alkyl halides is 4. The molecule has 0 fully saturated rings. The van der Waals surface area contributed by atoms with E-state index in [0.717, 1.165) is 0 Å². The quantitative estimate of drug-likeness (QED) is 0.573. The van der Waals surface area contributed by atoms with E-state index in [1.54, 1.807) is 0 Å². The van der Waals surface area contributed by atoms with Crippen molar-refractivity contribution in [2.75, 3.05) is 6.61 Å². The van der Waals surface area contributed by atoms with Crippen LogP contribution in [0.15, 0.2) is 0 Å². The molecule has 0 rings (SSSR count). The first-order valence-corrected chi connectivity index (χ1v) is 4.84. The van der Waals surface area contributed by atoms with Crippen LogP contribution >= 0.6 is 15.9 Å². The first-order chi connectivity index (χ1) is 6.05. The van der Waals surface area contributed by atoms with E-state index in [9.17, 15) is 18.0 Å². The number of hydrogen-bond donors (Lipinski definition) is 0. The highest BCUT2D eigenvalue weighted by Gasteiger charge is 2.41. The van der Waals surface area contributed by atoms with Crippen LogP contribution in [-0.4, -0.2) is 23.6 Å². The molecule has 0 amide bonds. The van der Waals surface area contributed by atoms with E-state index < -0.39 is 12.1 Å². The Bertz CT molecular complexity index is 208. The average Bonchev–Trinajstić information content (AvgIpc) is 1.95. The Kier molecular flexibility index (Phi) is 4.42. The van der Waals surface area contributed by atoms with Crippen molar-refractivity contribution in [1.82, 2.24) is 0 Å². The lowest BCUT2D eigenvalue weighted by Gasteiger charge is -2.25. The lowest BCUT2D eigenvalue weighted by atomic mass is 9.93. The highest BCUT2D eigenvalue weighted by molar-refractivity contribution is 9.09. The van der Waals surface area contributed by atoms with Gasteiger partial charge in [-0.3, -0.25) is 0 Å². The summed E-state index contributed by atoms with van der Waals surface area (Å²) in [6.07, 6.45) is -4.91. The fraction of sp³-hybridized carbons (Fsp3) is 0.875. The summed E-state index contributed by atoms with van der Waals surface area (Å²) in [7, 11) is 0. The monoisotopic (exact) mass is 276 g/mol. The maximum absolute atomic E-state index is 11.7. The van der Waals surface area contributed by atoms with Gasteiger partial charge in [-0.15, -0.1) is 0 Å². The van der Waals surface area contributed by atoms with Gasteiger partial charge in [0.25, 0.3) is 0 Å². The number of halogens is 4. The minimum atomic E-state index is -4.91. The van der Waals surface area contributed by atoms with Gasteiger partial charge in [0.05, 0.1) is 4.83 Å². The zero-order chi connectivity index (χ0) is 11.6. The first-order valence-electron chi connectivity index (χ1n) is 3.93. The largest absolute Gasteiger partial charge is 0.490 e. The Hall–Kier alpha value is -0.260. The molecule has 14 heavy (non-hydrogen) atoms. The minimum Gasteiger partial charge on any atom is -0.458 e. The fourth-order valence-electron chi connectivity index (χ4n) is 0.481. The molecule has 0 aliphatic rings. The van der Waals surface area contributed by atoms with Crippen LogP contribution in [0.25, 0.3) is 0 Å². The normalized spacial score (nSPS) is 15.1. The molecule has 0 aliphatic carbocycles. The van der Waals surface area contributed by atoms with E-state index in [1.807, 2.05) is 20.8 Å². The van der Waals surface area contributed by atoms with Crippen molar-refractivity contribution >= 4 is 21.9 Å². The van der Waals surface area contributed by atoms with Crippen molar-refractivity contribution < 1.29 is 22.7 Å². The third-order valence-corrected chi connectivity index (χ3v) is 3.17. The van der Waals surface area contributed by atoms with Crippen LogP contribution in [0.3, 0.4) is 0 Å². The number of esters is 1. The maximum atomic E-state index is 11.7. The fourth-order valence-corrected chi connectivity index (χ4v) is 0.613. The second kappa shape index (κ2) is 4.51. The third kappa shape index (κ3) is 4.83. The van der Waals surface area contributed by atoms with E-state index in [0.29, 0.717) is 0 Å². The molecule has 0 saturated carbocycles. The van der Waals surface area contributed by atoms with Gasteiger partial charge in [-0.05, 0) is 5.41 Å². The van der Waals surface area contributed by atoms with E-state index in [1.165, 1.54) is 0 Å². The predicted octanol–water partition coefficient (Wildman–Crippen LogP) is 2.90. The van der Waals surface area contributed by atoms with Crippen LogP contribution < -0.4 is 0 Å². The molecule has 6 heteroatoms. The molecule has 0 aliphatic heterocycles. The maximum Gasteiger partial charge on any atom is 0.490 e. The molecule has 0 saturated heterocycles. The summed E-state index contributed by atoms with van der Waals surface area (Å²) >= 11 is 3.15. The Morgan fingerprint density at radius 2 is 1.79 bits per heavy atom. The number of ether oxygens (including phenoxy) is 1. The van der Waals surface area contributed by atoms with Crippen LogP contribution in [0.1, 0.15) is 20.8 Å². The van der Waals surface area contributed by atoms with Gasteiger partial charge in [0, 0.05) is 0 Å². The van der Waals surface area contributed by atoms with Crippen LogP contribution in [0.2, 0.25) is 0 Å².